The van der Waals surface area contributed by atoms with Crippen LogP contribution in [0.25, 0.3) is 0 Å². The molecule has 2 aromatic rings. The Hall–Kier alpha value is -1.87. The Morgan fingerprint density at radius 3 is 2.52 bits per heavy atom. The van der Waals surface area contributed by atoms with E-state index in [2.05, 4.69) is 5.32 Å². The van der Waals surface area contributed by atoms with E-state index in [-0.39, 0.29) is 23.7 Å². The fourth-order valence-electron chi connectivity index (χ4n) is 2.52. The molecule has 0 radical (unpaired) electrons. The van der Waals surface area contributed by atoms with Crippen LogP contribution in [0.15, 0.2) is 48.5 Å². The number of nitrogens with one attached hydrogen (secondary N) is 1. The van der Waals surface area contributed by atoms with Gasteiger partial charge in [-0.1, -0.05) is 35.9 Å². The number of halogens is 2. The minimum absolute atomic E-state index is 0.0898. The maximum atomic E-state index is 13.1. The molecule has 1 saturated carbocycles. The van der Waals surface area contributed by atoms with Crippen molar-refractivity contribution in [2.24, 2.45) is 0 Å². The number of carbonyl (C=O) groups is 1. The second kappa shape index (κ2) is 5.49. The van der Waals surface area contributed by atoms with Crippen LogP contribution in [0.1, 0.15) is 24.0 Å². The molecule has 21 heavy (non-hydrogen) atoms. The minimum atomic E-state index is -0.320. The summed E-state index contributed by atoms with van der Waals surface area (Å²) in [4.78, 5) is 12.2. The van der Waals surface area contributed by atoms with E-state index in [1.807, 2.05) is 24.3 Å². The molecule has 1 fully saturated rings. The first-order valence-corrected chi connectivity index (χ1v) is 7.27. The van der Waals surface area contributed by atoms with Gasteiger partial charge in [-0.05, 0) is 48.2 Å². The highest BCUT2D eigenvalue weighted by atomic mass is 35.5. The fourth-order valence-corrected chi connectivity index (χ4v) is 2.65. The van der Waals surface area contributed by atoms with Crippen LogP contribution in [0.4, 0.5) is 4.39 Å². The molecule has 0 bridgehead atoms. The van der Waals surface area contributed by atoms with Gasteiger partial charge in [-0.25, -0.2) is 4.39 Å². The normalized spacial score (nSPS) is 15.5. The minimum Gasteiger partial charge on any atom is -0.346 e. The number of rotatable bonds is 4. The van der Waals surface area contributed by atoms with Crippen molar-refractivity contribution in [3.63, 3.8) is 0 Å². The number of hydrogen-bond donors (Lipinski definition) is 1. The van der Waals surface area contributed by atoms with Crippen LogP contribution in [0.5, 0.6) is 0 Å². The standard InChI is InChI=1S/C17H15ClFNO/c18-14-6-4-13(5-7-14)17(8-9-17)20-16(21)11-12-2-1-3-15(19)10-12/h1-7,10H,8-9,11H2,(H,20,21). The SMILES string of the molecule is O=C(Cc1cccc(F)c1)NC1(c2ccc(Cl)cc2)CC1. The zero-order valence-corrected chi connectivity index (χ0v) is 12.2. The summed E-state index contributed by atoms with van der Waals surface area (Å²) in [7, 11) is 0. The van der Waals surface area contributed by atoms with Crippen molar-refractivity contribution in [3.05, 3.63) is 70.5 Å². The van der Waals surface area contributed by atoms with Gasteiger partial charge in [0.05, 0.1) is 12.0 Å². The number of amides is 1. The van der Waals surface area contributed by atoms with E-state index >= 15 is 0 Å². The van der Waals surface area contributed by atoms with Crippen molar-refractivity contribution >= 4 is 17.5 Å². The Kier molecular flexibility index (Phi) is 3.68. The molecule has 1 aliphatic rings. The van der Waals surface area contributed by atoms with E-state index in [0.717, 1.165) is 18.4 Å². The van der Waals surface area contributed by atoms with Gasteiger partial charge in [0.1, 0.15) is 5.82 Å². The van der Waals surface area contributed by atoms with E-state index in [4.69, 9.17) is 11.6 Å². The third-order valence-electron chi connectivity index (χ3n) is 3.78. The number of carbonyl (C=O) groups excluding carboxylic acids is 1. The van der Waals surface area contributed by atoms with Crippen LogP contribution < -0.4 is 5.32 Å². The van der Waals surface area contributed by atoms with Crippen LogP contribution in [-0.2, 0) is 16.8 Å². The maximum Gasteiger partial charge on any atom is 0.225 e. The van der Waals surface area contributed by atoms with Gasteiger partial charge in [0, 0.05) is 5.02 Å². The first-order valence-electron chi connectivity index (χ1n) is 6.89. The second-order valence-electron chi connectivity index (χ2n) is 5.44. The van der Waals surface area contributed by atoms with E-state index in [0.29, 0.717) is 10.6 Å². The highest BCUT2D eigenvalue weighted by Gasteiger charge is 2.45. The van der Waals surface area contributed by atoms with Crippen LogP contribution in [0.2, 0.25) is 5.02 Å². The molecular formula is C17H15ClFNO. The monoisotopic (exact) mass is 303 g/mol. The van der Waals surface area contributed by atoms with Crippen LogP contribution >= 0.6 is 11.6 Å². The molecule has 2 nitrogen and oxygen atoms in total. The Bertz CT molecular complexity index is 665. The van der Waals surface area contributed by atoms with Crippen molar-refractivity contribution < 1.29 is 9.18 Å². The van der Waals surface area contributed by atoms with Crippen molar-refractivity contribution in [1.82, 2.24) is 5.32 Å². The summed E-state index contributed by atoms with van der Waals surface area (Å²) >= 11 is 5.89. The van der Waals surface area contributed by atoms with Crippen molar-refractivity contribution in [1.29, 1.82) is 0 Å². The predicted octanol–water partition coefficient (Wildman–Crippen LogP) is 3.83. The van der Waals surface area contributed by atoms with Gasteiger partial charge in [0.2, 0.25) is 5.91 Å². The van der Waals surface area contributed by atoms with E-state index < -0.39 is 0 Å². The molecule has 0 unspecified atom stereocenters. The van der Waals surface area contributed by atoms with Crippen LogP contribution in [0, 0.1) is 5.82 Å². The summed E-state index contributed by atoms with van der Waals surface area (Å²) in [5.41, 5.74) is 1.48. The molecule has 0 heterocycles. The molecule has 1 N–H and O–H groups in total. The van der Waals surface area contributed by atoms with Gasteiger partial charge in [-0.3, -0.25) is 4.79 Å². The molecule has 0 spiro atoms. The molecule has 1 aliphatic carbocycles. The maximum absolute atomic E-state index is 13.1. The smallest absolute Gasteiger partial charge is 0.225 e. The first kappa shape index (κ1) is 14.1. The van der Waals surface area contributed by atoms with Gasteiger partial charge < -0.3 is 5.32 Å². The summed E-state index contributed by atoms with van der Waals surface area (Å²) in [6, 6.07) is 13.7. The third-order valence-corrected chi connectivity index (χ3v) is 4.03. The summed E-state index contributed by atoms with van der Waals surface area (Å²) in [5, 5.41) is 3.75. The molecule has 2 aromatic carbocycles. The zero-order chi connectivity index (χ0) is 14.9. The molecule has 0 atom stereocenters. The summed E-state index contributed by atoms with van der Waals surface area (Å²) in [6.07, 6.45) is 2.03. The average Bonchev–Trinajstić information content (AvgIpc) is 3.20. The molecule has 0 aliphatic heterocycles. The second-order valence-corrected chi connectivity index (χ2v) is 5.88. The molecule has 4 heteroatoms. The van der Waals surface area contributed by atoms with Gasteiger partial charge in [0.25, 0.3) is 0 Å². The van der Waals surface area contributed by atoms with Gasteiger partial charge in [0.15, 0.2) is 0 Å². The van der Waals surface area contributed by atoms with Gasteiger partial charge in [-0.2, -0.15) is 0 Å². The average molecular weight is 304 g/mol. The Morgan fingerprint density at radius 2 is 1.90 bits per heavy atom. The largest absolute Gasteiger partial charge is 0.346 e. The Balaban J connectivity index is 1.68. The molecule has 0 aromatic heterocycles. The summed E-state index contributed by atoms with van der Waals surface area (Å²) in [5.74, 6) is -0.410. The Morgan fingerprint density at radius 1 is 1.19 bits per heavy atom. The van der Waals surface area contributed by atoms with Gasteiger partial charge in [-0.15, -0.1) is 0 Å². The third kappa shape index (κ3) is 3.24. The highest BCUT2D eigenvalue weighted by molar-refractivity contribution is 6.30. The van der Waals surface area contributed by atoms with Crippen LogP contribution in [-0.4, -0.2) is 5.91 Å². The van der Waals surface area contributed by atoms with Crippen molar-refractivity contribution in [3.8, 4) is 0 Å². The zero-order valence-electron chi connectivity index (χ0n) is 11.4. The lowest BCUT2D eigenvalue weighted by molar-refractivity contribution is -0.121. The van der Waals surface area contributed by atoms with Crippen molar-refractivity contribution in [2.45, 2.75) is 24.8 Å². The van der Waals surface area contributed by atoms with Gasteiger partial charge >= 0.3 is 0 Å². The van der Waals surface area contributed by atoms with E-state index in [1.54, 1.807) is 12.1 Å². The number of hydrogen-bond acceptors (Lipinski definition) is 1. The Labute approximate surface area is 127 Å². The lowest BCUT2D eigenvalue weighted by Gasteiger charge is -2.18. The predicted molar refractivity (Wildman–Crippen MR) is 80.6 cm³/mol. The van der Waals surface area contributed by atoms with E-state index in [9.17, 15) is 9.18 Å². The topological polar surface area (TPSA) is 29.1 Å². The quantitative estimate of drug-likeness (QED) is 0.914. The lowest BCUT2D eigenvalue weighted by atomic mass is 10.0. The molecule has 1 amide bonds. The molecule has 3 rings (SSSR count). The first-order chi connectivity index (χ1) is 10.1. The fraction of sp³-hybridized carbons (Fsp3) is 0.235. The number of benzene rings is 2. The molecular weight excluding hydrogens is 289 g/mol. The highest BCUT2D eigenvalue weighted by Crippen LogP contribution is 2.45. The summed E-state index contributed by atoms with van der Waals surface area (Å²) in [6.45, 7) is 0. The lowest BCUT2D eigenvalue weighted by Crippen LogP contribution is -2.35. The van der Waals surface area contributed by atoms with Crippen molar-refractivity contribution in [2.75, 3.05) is 0 Å². The molecule has 108 valence electrons. The molecule has 0 saturated heterocycles. The van der Waals surface area contributed by atoms with E-state index in [1.165, 1.54) is 12.1 Å². The van der Waals surface area contributed by atoms with Crippen LogP contribution in [0.3, 0.4) is 0 Å². The summed E-state index contributed by atoms with van der Waals surface area (Å²) < 4.78 is 13.1.